The predicted molar refractivity (Wildman–Crippen MR) is 81.2 cm³/mol. The first-order valence-electron chi connectivity index (χ1n) is 7.02. The molecular formula is C16H16N4O2. The molecule has 0 aliphatic heterocycles. The van der Waals surface area contributed by atoms with E-state index in [1.54, 1.807) is 17.7 Å². The van der Waals surface area contributed by atoms with Crippen molar-refractivity contribution in [3.05, 3.63) is 60.2 Å². The maximum absolute atomic E-state index is 11.8. The highest BCUT2D eigenvalue weighted by Crippen LogP contribution is 2.17. The number of aromatic nitrogens is 3. The molecule has 2 heterocycles. The van der Waals surface area contributed by atoms with E-state index in [2.05, 4.69) is 15.6 Å². The average Bonchev–Trinajstić information content (AvgIpc) is 3.17. The lowest BCUT2D eigenvalue weighted by molar-refractivity contribution is 0.0943. The van der Waals surface area contributed by atoms with Gasteiger partial charge in [-0.15, -0.1) is 0 Å². The van der Waals surface area contributed by atoms with E-state index in [-0.39, 0.29) is 5.91 Å². The number of rotatable bonds is 5. The fourth-order valence-corrected chi connectivity index (χ4v) is 2.11. The summed E-state index contributed by atoms with van der Waals surface area (Å²) < 4.78 is 6.68. The van der Waals surface area contributed by atoms with E-state index in [1.807, 2.05) is 42.7 Å². The van der Waals surface area contributed by atoms with Crippen LogP contribution in [0.5, 0.6) is 0 Å². The van der Waals surface area contributed by atoms with Crippen LogP contribution < -0.4 is 5.32 Å². The normalized spacial score (nSPS) is 10.6. The molecule has 0 atom stereocenters. The molecule has 22 heavy (non-hydrogen) atoms. The first kappa shape index (κ1) is 14.1. The topological polar surface area (TPSA) is 73.0 Å². The first-order chi connectivity index (χ1) is 10.7. The minimum absolute atomic E-state index is 0.243. The van der Waals surface area contributed by atoms with Crippen LogP contribution in [0.25, 0.3) is 11.1 Å². The summed E-state index contributed by atoms with van der Waals surface area (Å²) in [6, 6.07) is 11.7. The van der Waals surface area contributed by atoms with Crippen molar-refractivity contribution in [1.82, 2.24) is 20.3 Å². The minimum atomic E-state index is -0.243. The molecule has 6 nitrogen and oxygen atoms in total. The lowest BCUT2D eigenvalue weighted by Gasteiger charge is -2.03. The van der Waals surface area contributed by atoms with Crippen molar-refractivity contribution in [1.29, 1.82) is 0 Å². The van der Waals surface area contributed by atoms with Gasteiger partial charge in [0.05, 0.1) is 12.7 Å². The summed E-state index contributed by atoms with van der Waals surface area (Å²) in [4.78, 5) is 11.8. The number of carbonyl (C=O) groups is 1. The summed E-state index contributed by atoms with van der Waals surface area (Å²) in [5, 5.41) is 10.8. The van der Waals surface area contributed by atoms with Gasteiger partial charge in [-0.05, 0) is 12.5 Å². The maximum Gasteiger partial charge on any atom is 0.273 e. The third-order valence-electron chi connectivity index (χ3n) is 3.23. The highest BCUT2D eigenvalue weighted by molar-refractivity contribution is 5.92. The monoisotopic (exact) mass is 296 g/mol. The smallest absolute Gasteiger partial charge is 0.273 e. The third-order valence-corrected chi connectivity index (χ3v) is 3.23. The van der Waals surface area contributed by atoms with Gasteiger partial charge in [0, 0.05) is 24.4 Å². The summed E-state index contributed by atoms with van der Waals surface area (Å²) in [6.45, 7) is 2.81. The molecule has 0 aliphatic carbocycles. The molecule has 1 amide bonds. The molecule has 0 saturated heterocycles. The van der Waals surface area contributed by atoms with E-state index >= 15 is 0 Å². The summed E-state index contributed by atoms with van der Waals surface area (Å²) in [5.74, 6) is 0.372. The fourth-order valence-electron chi connectivity index (χ4n) is 2.11. The molecule has 0 spiro atoms. The zero-order valence-corrected chi connectivity index (χ0v) is 12.2. The molecule has 1 aromatic carbocycles. The number of hydrogen-bond donors (Lipinski definition) is 1. The molecule has 112 valence electrons. The molecule has 2 aromatic heterocycles. The van der Waals surface area contributed by atoms with Crippen molar-refractivity contribution in [2.24, 2.45) is 0 Å². The highest BCUT2D eigenvalue weighted by atomic mass is 16.5. The zero-order valence-electron chi connectivity index (χ0n) is 12.2. The van der Waals surface area contributed by atoms with Crippen molar-refractivity contribution in [3.8, 4) is 11.1 Å². The van der Waals surface area contributed by atoms with Gasteiger partial charge in [-0.1, -0.05) is 35.5 Å². The highest BCUT2D eigenvalue weighted by Gasteiger charge is 2.10. The Morgan fingerprint density at radius 3 is 2.82 bits per heavy atom. The lowest BCUT2D eigenvalue weighted by atomic mass is 10.1. The van der Waals surface area contributed by atoms with Gasteiger partial charge in [-0.25, -0.2) is 0 Å². The van der Waals surface area contributed by atoms with E-state index in [1.165, 1.54) is 0 Å². The zero-order chi connectivity index (χ0) is 15.4. The third kappa shape index (κ3) is 3.22. The van der Waals surface area contributed by atoms with Crippen molar-refractivity contribution < 1.29 is 9.32 Å². The van der Waals surface area contributed by atoms with Gasteiger partial charge in [0.15, 0.2) is 5.69 Å². The van der Waals surface area contributed by atoms with Crippen LogP contribution in [0.15, 0.2) is 53.3 Å². The standard InChI is InChI=1S/C16H16N4O2/c1-12-9-15(19-22-12)16(21)17-7-8-20-11-14(10-18-20)13-5-3-2-4-6-13/h2-6,9-11H,7-8H2,1H3,(H,17,21). The summed E-state index contributed by atoms with van der Waals surface area (Å²) in [7, 11) is 0. The van der Waals surface area contributed by atoms with Crippen LogP contribution in [0.4, 0.5) is 0 Å². The Labute approximate surface area is 127 Å². The van der Waals surface area contributed by atoms with Gasteiger partial charge in [0.25, 0.3) is 5.91 Å². The summed E-state index contributed by atoms with van der Waals surface area (Å²) >= 11 is 0. The largest absolute Gasteiger partial charge is 0.361 e. The Balaban J connectivity index is 1.54. The van der Waals surface area contributed by atoms with Gasteiger partial charge >= 0.3 is 0 Å². The summed E-state index contributed by atoms with van der Waals surface area (Å²) in [5.41, 5.74) is 2.47. The van der Waals surface area contributed by atoms with Crippen LogP contribution in [0.1, 0.15) is 16.2 Å². The SMILES string of the molecule is Cc1cc(C(=O)NCCn2cc(-c3ccccc3)cn2)no1. The van der Waals surface area contributed by atoms with Crippen LogP contribution in [0.2, 0.25) is 0 Å². The van der Waals surface area contributed by atoms with E-state index in [0.717, 1.165) is 11.1 Å². The van der Waals surface area contributed by atoms with Gasteiger partial charge < -0.3 is 9.84 Å². The van der Waals surface area contributed by atoms with E-state index in [0.29, 0.717) is 24.5 Å². The number of benzene rings is 1. The molecule has 0 aliphatic rings. The Hall–Kier alpha value is -2.89. The van der Waals surface area contributed by atoms with Crippen molar-refractivity contribution in [2.45, 2.75) is 13.5 Å². The average molecular weight is 296 g/mol. The second kappa shape index (κ2) is 6.26. The summed E-state index contributed by atoms with van der Waals surface area (Å²) in [6.07, 6.45) is 3.78. The molecule has 1 N–H and O–H groups in total. The Morgan fingerprint density at radius 2 is 2.09 bits per heavy atom. The van der Waals surface area contributed by atoms with Crippen LogP contribution in [-0.2, 0) is 6.54 Å². The number of hydrogen-bond acceptors (Lipinski definition) is 4. The molecule has 6 heteroatoms. The maximum atomic E-state index is 11.8. The van der Waals surface area contributed by atoms with Crippen LogP contribution in [-0.4, -0.2) is 27.4 Å². The molecule has 0 radical (unpaired) electrons. The number of nitrogens with zero attached hydrogens (tertiary/aromatic N) is 3. The number of carbonyl (C=O) groups excluding carboxylic acids is 1. The van der Waals surface area contributed by atoms with Gasteiger partial charge in [-0.3, -0.25) is 9.48 Å². The Morgan fingerprint density at radius 1 is 1.27 bits per heavy atom. The van der Waals surface area contributed by atoms with Crippen molar-refractivity contribution in [3.63, 3.8) is 0 Å². The van der Waals surface area contributed by atoms with Crippen molar-refractivity contribution in [2.75, 3.05) is 6.54 Å². The number of aryl methyl sites for hydroxylation is 1. The fraction of sp³-hybridized carbons (Fsp3) is 0.188. The van der Waals surface area contributed by atoms with Gasteiger partial charge in [0.2, 0.25) is 0 Å². The number of nitrogens with one attached hydrogen (secondary N) is 1. The van der Waals surface area contributed by atoms with Crippen molar-refractivity contribution >= 4 is 5.91 Å². The Bertz CT molecular complexity index is 761. The predicted octanol–water partition coefficient (Wildman–Crippen LogP) is 2.28. The van der Waals surface area contributed by atoms with E-state index in [9.17, 15) is 4.79 Å². The quantitative estimate of drug-likeness (QED) is 0.784. The molecule has 3 rings (SSSR count). The lowest BCUT2D eigenvalue weighted by Crippen LogP contribution is -2.27. The van der Waals surface area contributed by atoms with Crippen LogP contribution >= 0.6 is 0 Å². The number of amides is 1. The van der Waals surface area contributed by atoms with E-state index in [4.69, 9.17) is 4.52 Å². The Kier molecular flexibility index (Phi) is 4.00. The second-order valence-corrected chi connectivity index (χ2v) is 4.94. The molecule has 3 aromatic rings. The minimum Gasteiger partial charge on any atom is -0.361 e. The first-order valence-corrected chi connectivity index (χ1v) is 7.02. The van der Waals surface area contributed by atoms with E-state index < -0.39 is 0 Å². The molecule has 0 saturated carbocycles. The molecule has 0 fully saturated rings. The molecular weight excluding hydrogens is 280 g/mol. The van der Waals surface area contributed by atoms with Gasteiger partial charge in [0.1, 0.15) is 5.76 Å². The second-order valence-electron chi connectivity index (χ2n) is 4.94. The van der Waals surface area contributed by atoms with Gasteiger partial charge in [-0.2, -0.15) is 5.10 Å². The van der Waals surface area contributed by atoms with Crippen LogP contribution in [0.3, 0.4) is 0 Å². The van der Waals surface area contributed by atoms with Crippen LogP contribution in [0, 0.1) is 6.92 Å². The molecule has 0 unspecified atom stereocenters. The molecule has 0 bridgehead atoms.